The van der Waals surface area contributed by atoms with Gasteiger partial charge in [-0.05, 0) is 31.2 Å². The van der Waals surface area contributed by atoms with Crippen LogP contribution in [0.3, 0.4) is 0 Å². The molecule has 4 heteroatoms. The van der Waals surface area contributed by atoms with Crippen molar-refractivity contribution in [3.8, 4) is 0 Å². The SMILES string of the molecule is O=C(O)C1CCC1C(=O)N1CCCC1c1ccccc1. The third-order valence-corrected chi connectivity index (χ3v) is 4.63. The van der Waals surface area contributed by atoms with Gasteiger partial charge in [0.15, 0.2) is 0 Å². The van der Waals surface area contributed by atoms with E-state index in [1.807, 2.05) is 35.2 Å². The molecule has 106 valence electrons. The fourth-order valence-electron chi connectivity index (χ4n) is 3.36. The van der Waals surface area contributed by atoms with Gasteiger partial charge in [-0.25, -0.2) is 0 Å². The summed E-state index contributed by atoms with van der Waals surface area (Å²) >= 11 is 0. The molecule has 2 aliphatic rings. The first kappa shape index (κ1) is 13.2. The van der Waals surface area contributed by atoms with Crippen LogP contribution in [0, 0.1) is 11.8 Å². The van der Waals surface area contributed by atoms with Crippen molar-refractivity contribution in [3.05, 3.63) is 35.9 Å². The minimum Gasteiger partial charge on any atom is -0.481 e. The van der Waals surface area contributed by atoms with Gasteiger partial charge in [0.2, 0.25) is 5.91 Å². The van der Waals surface area contributed by atoms with Crippen molar-refractivity contribution in [3.63, 3.8) is 0 Å². The number of carboxylic acid groups (broad SMARTS) is 1. The van der Waals surface area contributed by atoms with Crippen molar-refractivity contribution in [2.24, 2.45) is 11.8 Å². The predicted octanol–water partition coefficient (Wildman–Crippen LogP) is 2.46. The molecule has 1 aliphatic carbocycles. The molecule has 3 unspecified atom stereocenters. The number of carbonyl (C=O) groups excluding carboxylic acids is 1. The largest absolute Gasteiger partial charge is 0.481 e. The standard InChI is InChI=1S/C16H19NO3/c18-15(12-8-9-13(12)16(19)20)17-10-4-7-14(17)11-5-2-1-3-6-11/h1-3,5-6,12-14H,4,7-10H2,(H,19,20). The Kier molecular flexibility index (Phi) is 3.47. The lowest BCUT2D eigenvalue weighted by atomic mass is 9.72. The molecular weight excluding hydrogens is 254 g/mol. The van der Waals surface area contributed by atoms with E-state index in [1.54, 1.807) is 0 Å². The van der Waals surface area contributed by atoms with Gasteiger partial charge in [0.25, 0.3) is 0 Å². The van der Waals surface area contributed by atoms with Gasteiger partial charge in [0, 0.05) is 6.54 Å². The minimum atomic E-state index is -0.829. The van der Waals surface area contributed by atoms with Gasteiger partial charge >= 0.3 is 5.97 Å². The van der Waals surface area contributed by atoms with Gasteiger partial charge in [0.05, 0.1) is 17.9 Å². The molecule has 1 saturated heterocycles. The quantitative estimate of drug-likeness (QED) is 0.920. The fraction of sp³-hybridized carbons (Fsp3) is 0.500. The second-order valence-corrected chi connectivity index (χ2v) is 5.73. The zero-order chi connectivity index (χ0) is 14.1. The van der Waals surface area contributed by atoms with Gasteiger partial charge in [-0.2, -0.15) is 0 Å². The maximum atomic E-state index is 12.6. The molecule has 3 rings (SSSR count). The monoisotopic (exact) mass is 273 g/mol. The Labute approximate surface area is 118 Å². The Balaban J connectivity index is 1.76. The third-order valence-electron chi connectivity index (χ3n) is 4.63. The topological polar surface area (TPSA) is 57.6 Å². The maximum absolute atomic E-state index is 12.6. The van der Waals surface area contributed by atoms with Gasteiger partial charge in [0.1, 0.15) is 0 Å². The van der Waals surface area contributed by atoms with E-state index in [1.165, 1.54) is 0 Å². The predicted molar refractivity (Wildman–Crippen MR) is 74.0 cm³/mol. The summed E-state index contributed by atoms with van der Waals surface area (Å²) in [5.41, 5.74) is 1.16. The van der Waals surface area contributed by atoms with Crippen molar-refractivity contribution in [2.75, 3.05) is 6.54 Å². The normalized spacial score (nSPS) is 29.0. The molecule has 1 heterocycles. The Morgan fingerprint density at radius 3 is 2.35 bits per heavy atom. The summed E-state index contributed by atoms with van der Waals surface area (Å²) in [4.78, 5) is 25.6. The first-order valence-electron chi connectivity index (χ1n) is 7.26. The highest BCUT2D eigenvalue weighted by molar-refractivity contribution is 5.86. The Bertz CT molecular complexity index is 514. The second-order valence-electron chi connectivity index (χ2n) is 5.73. The fourth-order valence-corrected chi connectivity index (χ4v) is 3.36. The molecule has 3 atom stereocenters. The smallest absolute Gasteiger partial charge is 0.307 e. The molecular formula is C16H19NO3. The average molecular weight is 273 g/mol. The molecule has 1 saturated carbocycles. The summed E-state index contributed by atoms with van der Waals surface area (Å²) in [5.74, 6) is -1.57. The van der Waals surface area contributed by atoms with Gasteiger partial charge < -0.3 is 10.0 Å². The molecule has 2 fully saturated rings. The number of likely N-dealkylation sites (tertiary alicyclic amines) is 1. The summed E-state index contributed by atoms with van der Waals surface area (Å²) in [5, 5.41) is 9.11. The van der Waals surface area contributed by atoms with Crippen LogP contribution in [0.4, 0.5) is 0 Å². The first-order valence-corrected chi connectivity index (χ1v) is 7.26. The van der Waals surface area contributed by atoms with Crippen molar-refractivity contribution in [2.45, 2.75) is 31.7 Å². The lowest BCUT2D eigenvalue weighted by Crippen LogP contribution is -2.45. The van der Waals surface area contributed by atoms with E-state index in [0.717, 1.165) is 24.9 Å². The van der Waals surface area contributed by atoms with E-state index in [0.29, 0.717) is 12.8 Å². The van der Waals surface area contributed by atoms with E-state index in [2.05, 4.69) is 0 Å². The summed E-state index contributed by atoms with van der Waals surface area (Å²) in [6.45, 7) is 0.751. The van der Waals surface area contributed by atoms with Crippen LogP contribution < -0.4 is 0 Å². The van der Waals surface area contributed by atoms with Gasteiger partial charge in [-0.3, -0.25) is 9.59 Å². The number of hydrogen-bond donors (Lipinski definition) is 1. The number of nitrogens with zero attached hydrogens (tertiary/aromatic N) is 1. The molecule has 4 nitrogen and oxygen atoms in total. The summed E-state index contributed by atoms with van der Waals surface area (Å²) < 4.78 is 0. The summed E-state index contributed by atoms with van der Waals surface area (Å²) in [6, 6.07) is 10.2. The number of carbonyl (C=O) groups is 2. The highest BCUT2D eigenvalue weighted by atomic mass is 16.4. The Morgan fingerprint density at radius 1 is 1.05 bits per heavy atom. The van der Waals surface area contributed by atoms with Crippen molar-refractivity contribution >= 4 is 11.9 Å². The van der Waals surface area contributed by atoms with Crippen LogP contribution in [-0.2, 0) is 9.59 Å². The highest BCUT2D eigenvalue weighted by Crippen LogP contribution is 2.40. The van der Waals surface area contributed by atoms with Crippen LogP contribution in [0.25, 0.3) is 0 Å². The molecule has 1 amide bonds. The zero-order valence-electron chi connectivity index (χ0n) is 11.4. The molecule has 20 heavy (non-hydrogen) atoms. The van der Waals surface area contributed by atoms with Crippen molar-refractivity contribution in [1.29, 1.82) is 0 Å². The van der Waals surface area contributed by atoms with E-state index in [4.69, 9.17) is 5.11 Å². The Hall–Kier alpha value is -1.84. The van der Waals surface area contributed by atoms with E-state index in [-0.39, 0.29) is 17.9 Å². The first-order chi connectivity index (χ1) is 9.68. The number of carboxylic acids is 1. The van der Waals surface area contributed by atoms with Crippen LogP contribution in [0.1, 0.15) is 37.3 Å². The molecule has 0 radical (unpaired) electrons. The van der Waals surface area contributed by atoms with Crippen LogP contribution in [-0.4, -0.2) is 28.4 Å². The van der Waals surface area contributed by atoms with E-state index >= 15 is 0 Å². The van der Waals surface area contributed by atoms with Crippen LogP contribution in [0.15, 0.2) is 30.3 Å². The zero-order valence-corrected chi connectivity index (χ0v) is 11.4. The molecule has 0 aromatic heterocycles. The molecule has 0 bridgehead atoms. The third kappa shape index (κ3) is 2.19. The molecule has 1 aromatic rings. The van der Waals surface area contributed by atoms with Crippen molar-refractivity contribution < 1.29 is 14.7 Å². The maximum Gasteiger partial charge on any atom is 0.307 e. The number of hydrogen-bond acceptors (Lipinski definition) is 2. The summed E-state index contributed by atoms with van der Waals surface area (Å²) in [6.07, 6.45) is 3.32. The second kappa shape index (κ2) is 5.27. The number of benzene rings is 1. The van der Waals surface area contributed by atoms with Crippen LogP contribution >= 0.6 is 0 Å². The minimum absolute atomic E-state index is 0.0370. The Morgan fingerprint density at radius 2 is 1.75 bits per heavy atom. The van der Waals surface area contributed by atoms with E-state index in [9.17, 15) is 9.59 Å². The van der Waals surface area contributed by atoms with Gasteiger partial charge in [-0.1, -0.05) is 30.3 Å². The lowest BCUT2D eigenvalue weighted by molar-refractivity contribution is -0.157. The average Bonchev–Trinajstić information content (AvgIpc) is 2.86. The van der Waals surface area contributed by atoms with Crippen molar-refractivity contribution in [1.82, 2.24) is 4.90 Å². The molecule has 1 aliphatic heterocycles. The number of aliphatic carboxylic acids is 1. The summed E-state index contributed by atoms with van der Waals surface area (Å²) in [7, 11) is 0. The number of rotatable bonds is 3. The number of amides is 1. The lowest BCUT2D eigenvalue weighted by Gasteiger charge is -2.37. The van der Waals surface area contributed by atoms with Crippen LogP contribution in [0.2, 0.25) is 0 Å². The molecule has 1 N–H and O–H groups in total. The molecule has 0 spiro atoms. The van der Waals surface area contributed by atoms with Gasteiger partial charge in [-0.15, -0.1) is 0 Å². The van der Waals surface area contributed by atoms with Crippen LogP contribution in [0.5, 0.6) is 0 Å². The van der Waals surface area contributed by atoms with E-state index < -0.39 is 11.9 Å². The molecule has 1 aromatic carbocycles. The highest BCUT2D eigenvalue weighted by Gasteiger charge is 2.45.